The first-order valence-corrected chi connectivity index (χ1v) is 8.03. The Labute approximate surface area is 128 Å². The summed E-state index contributed by atoms with van der Waals surface area (Å²) in [7, 11) is 0. The summed E-state index contributed by atoms with van der Waals surface area (Å²) in [6, 6.07) is 12.3. The molecule has 21 heavy (non-hydrogen) atoms. The van der Waals surface area contributed by atoms with E-state index in [1.807, 2.05) is 24.4 Å². The maximum absolute atomic E-state index is 5.85. The SMILES string of the molecule is CCCCCCCCOc1cccc(-c2cccnc2)c1. The molecule has 0 atom stereocenters. The Morgan fingerprint density at radius 2 is 1.71 bits per heavy atom. The van der Waals surface area contributed by atoms with Crippen molar-refractivity contribution < 1.29 is 4.74 Å². The number of aromatic nitrogens is 1. The number of nitrogens with zero attached hydrogens (tertiary/aromatic N) is 1. The van der Waals surface area contributed by atoms with Crippen LogP contribution in [0.4, 0.5) is 0 Å². The molecule has 0 aliphatic carbocycles. The lowest BCUT2D eigenvalue weighted by molar-refractivity contribution is 0.304. The fourth-order valence-electron chi connectivity index (χ4n) is 2.37. The van der Waals surface area contributed by atoms with Gasteiger partial charge in [0.15, 0.2) is 0 Å². The fraction of sp³-hybridized carbons (Fsp3) is 0.421. The van der Waals surface area contributed by atoms with E-state index in [1.54, 1.807) is 6.20 Å². The molecule has 0 aliphatic rings. The van der Waals surface area contributed by atoms with Gasteiger partial charge in [-0.3, -0.25) is 4.98 Å². The van der Waals surface area contributed by atoms with Crippen LogP contribution in [0.2, 0.25) is 0 Å². The average molecular weight is 283 g/mol. The second-order valence-corrected chi connectivity index (χ2v) is 5.39. The van der Waals surface area contributed by atoms with E-state index in [1.165, 1.54) is 32.1 Å². The average Bonchev–Trinajstić information content (AvgIpc) is 2.55. The fourth-order valence-corrected chi connectivity index (χ4v) is 2.37. The van der Waals surface area contributed by atoms with Crippen LogP contribution in [0.15, 0.2) is 48.8 Å². The first-order valence-electron chi connectivity index (χ1n) is 8.03. The van der Waals surface area contributed by atoms with Crippen LogP contribution in [-0.4, -0.2) is 11.6 Å². The molecule has 0 saturated carbocycles. The molecule has 0 radical (unpaired) electrons. The summed E-state index contributed by atoms with van der Waals surface area (Å²) in [5.41, 5.74) is 2.28. The highest BCUT2D eigenvalue weighted by Crippen LogP contribution is 2.23. The van der Waals surface area contributed by atoms with Gasteiger partial charge in [-0.05, 0) is 30.2 Å². The Morgan fingerprint density at radius 1 is 0.905 bits per heavy atom. The molecule has 0 spiro atoms. The minimum Gasteiger partial charge on any atom is -0.494 e. The molecule has 0 bridgehead atoms. The van der Waals surface area contributed by atoms with Crippen molar-refractivity contribution in [2.45, 2.75) is 45.4 Å². The van der Waals surface area contributed by atoms with Gasteiger partial charge in [0.05, 0.1) is 6.61 Å². The lowest BCUT2D eigenvalue weighted by atomic mass is 10.1. The topological polar surface area (TPSA) is 22.1 Å². The summed E-state index contributed by atoms with van der Waals surface area (Å²) >= 11 is 0. The quantitative estimate of drug-likeness (QED) is 0.568. The van der Waals surface area contributed by atoms with Gasteiger partial charge in [-0.2, -0.15) is 0 Å². The molecule has 2 heteroatoms. The monoisotopic (exact) mass is 283 g/mol. The predicted octanol–water partition coefficient (Wildman–Crippen LogP) is 5.49. The summed E-state index contributed by atoms with van der Waals surface area (Å²) in [6.45, 7) is 3.06. The second kappa shape index (κ2) is 9.17. The van der Waals surface area contributed by atoms with E-state index in [0.717, 1.165) is 29.9 Å². The summed E-state index contributed by atoms with van der Waals surface area (Å²) < 4.78 is 5.85. The third-order valence-electron chi connectivity index (χ3n) is 3.60. The molecular formula is C19H25NO. The number of unbranched alkanes of at least 4 members (excludes halogenated alkanes) is 5. The van der Waals surface area contributed by atoms with Crippen molar-refractivity contribution in [2.75, 3.05) is 6.61 Å². The van der Waals surface area contributed by atoms with Crippen molar-refractivity contribution in [3.8, 4) is 16.9 Å². The Balaban J connectivity index is 1.77. The second-order valence-electron chi connectivity index (χ2n) is 5.39. The first-order chi connectivity index (χ1) is 10.4. The number of rotatable bonds is 9. The predicted molar refractivity (Wildman–Crippen MR) is 88.5 cm³/mol. The summed E-state index contributed by atoms with van der Waals surface area (Å²) in [5.74, 6) is 0.949. The smallest absolute Gasteiger partial charge is 0.119 e. The van der Waals surface area contributed by atoms with E-state index in [-0.39, 0.29) is 0 Å². The zero-order valence-corrected chi connectivity index (χ0v) is 12.9. The largest absolute Gasteiger partial charge is 0.494 e. The Hall–Kier alpha value is -1.83. The molecule has 0 amide bonds. The van der Waals surface area contributed by atoms with Crippen molar-refractivity contribution >= 4 is 0 Å². The summed E-state index contributed by atoms with van der Waals surface area (Å²) in [4.78, 5) is 4.16. The zero-order valence-electron chi connectivity index (χ0n) is 12.9. The molecule has 0 saturated heterocycles. The highest BCUT2D eigenvalue weighted by Gasteiger charge is 2.00. The third kappa shape index (κ3) is 5.58. The van der Waals surface area contributed by atoms with Gasteiger partial charge in [0, 0.05) is 18.0 Å². The van der Waals surface area contributed by atoms with Gasteiger partial charge < -0.3 is 4.74 Å². The van der Waals surface area contributed by atoms with Crippen LogP contribution in [0.25, 0.3) is 11.1 Å². The lowest BCUT2D eigenvalue weighted by Gasteiger charge is -2.08. The van der Waals surface area contributed by atoms with Gasteiger partial charge in [0.25, 0.3) is 0 Å². The van der Waals surface area contributed by atoms with Crippen LogP contribution in [0, 0.1) is 0 Å². The van der Waals surface area contributed by atoms with Crippen molar-refractivity contribution in [1.29, 1.82) is 0 Å². The number of pyridine rings is 1. The van der Waals surface area contributed by atoms with Crippen LogP contribution in [0.3, 0.4) is 0 Å². The summed E-state index contributed by atoms with van der Waals surface area (Å²) in [6.07, 6.45) is 11.4. The van der Waals surface area contributed by atoms with Crippen LogP contribution >= 0.6 is 0 Å². The molecule has 2 rings (SSSR count). The number of hydrogen-bond acceptors (Lipinski definition) is 2. The highest BCUT2D eigenvalue weighted by molar-refractivity contribution is 5.63. The van der Waals surface area contributed by atoms with E-state index in [4.69, 9.17) is 4.74 Å². The Bertz CT molecular complexity index is 510. The molecule has 1 aromatic heterocycles. The number of benzene rings is 1. The van der Waals surface area contributed by atoms with Gasteiger partial charge in [-0.15, -0.1) is 0 Å². The molecular weight excluding hydrogens is 258 g/mol. The van der Waals surface area contributed by atoms with Crippen molar-refractivity contribution in [2.24, 2.45) is 0 Å². The van der Waals surface area contributed by atoms with Gasteiger partial charge in [-0.1, -0.05) is 57.2 Å². The molecule has 0 aliphatic heterocycles. The van der Waals surface area contributed by atoms with Crippen LogP contribution in [-0.2, 0) is 0 Å². The summed E-state index contributed by atoms with van der Waals surface area (Å²) in [5, 5.41) is 0. The first kappa shape index (κ1) is 15.6. The third-order valence-corrected chi connectivity index (χ3v) is 3.60. The molecule has 2 aromatic rings. The van der Waals surface area contributed by atoms with E-state index < -0.39 is 0 Å². The highest BCUT2D eigenvalue weighted by atomic mass is 16.5. The zero-order chi connectivity index (χ0) is 14.8. The van der Waals surface area contributed by atoms with Crippen molar-refractivity contribution in [3.63, 3.8) is 0 Å². The van der Waals surface area contributed by atoms with Crippen molar-refractivity contribution in [3.05, 3.63) is 48.8 Å². The molecule has 1 aromatic carbocycles. The normalized spacial score (nSPS) is 10.5. The maximum Gasteiger partial charge on any atom is 0.119 e. The van der Waals surface area contributed by atoms with Gasteiger partial charge >= 0.3 is 0 Å². The van der Waals surface area contributed by atoms with Crippen LogP contribution in [0.5, 0.6) is 5.75 Å². The number of ether oxygens (including phenoxy) is 1. The van der Waals surface area contributed by atoms with E-state index in [2.05, 4.69) is 30.1 Å². The molecule has 0 fully saturated rings. The molecule has 0 unspecified atom stereocenters. The van der Waals surface area contributed by atoms with Crippen LogP contribution in [0.1, 0.15) is 45.4 Å². The van der Waals surface area contributed by atoms with E-state index in [0.29, 0.717) is 0 Å². The maximum atomic E-state index is 5.85. The standard InChI is InChI=1S/C19H25NO/c1-2-3-4-5-6-7-14-21-19-12-8-10-17(15-19)18-11-9-13-20-16-18/h8-13,15-16H,2-7,14H2,1H3. The molecule has 2 nitrogen and oxygen atoms in total. The van der Waals surface area contributed by atoms with E-state index >= 15 is 0 Å². The lowest BCUT2D eigenvalue weighted by Crippen LogP contribution is -1.97. The van der Waals surface area contributed by atoms with Gasteiger partial charge in [0.2, 0.25) is 0 Å². The number of hydrogen-bond donors (Lipinski definition) is 0. The molecule has 0 N–H and O–H groups in total. The van der Waals surface area contributed by atoms with Crippen LogP contribution < -0.4 is 4.74 Å². The van der Waals surface area contributed by atoms with Crippen molar-refractivity contribution in [1.82, 2.24) is 4.98 Å². The Kier molecular flexibility index (Phi) is 6.79. The minimum atomic E-state index is 0.808. The minimum absolute atomic E-state index is 0.808. The molecule has 112 valence electrons. The van der Waals surface area contributed by atoms with E-state index in [9.17, 15) is 0 Å². The van der Waals surface area contributed by atoms with Gasteiger partial charge in [-0.25, -0.2) is 0 Å². The molecule has 1 heterocycles. The Morgan fingerprint density at radius 3 is 2.52 bits per heavy atom. The van der Waals surface area contributed by atoms with Gasteiger partial charge in [0.1, 0.15) is 5.75 Å².